The minimum absolute atomic E-state index is 0.0570. The number of aromatic hydroxyl groups is 1. The maximum absolute atomic E-state index is 13.1. The molecule has 0 atom stereocenters. The van der Waals surface area contributed by atoms with E-state index in [0.29, 0.717) is 0 Å². The summed E-state index contributed by atoms with van der Waals surface area (Å²) in [6.45, 7) is 1.82. The van der Waals surface area contributed by atoms with Gasteiger partial charge >= 0.3 is 10.1 Å². The van der Waals surface area contributed by atoms with Crippen LogP contribution in [0, 0.1) is 6.92 Å². The number of ether oxygens (including phenoxy) is 1. The summed E-state index contributed by atoms with van der Waals surface area (Å²) in [6, 6.07) is 19.4. The van der Waals surface area contributed by atoms with E-state index in [9.17, 15) is 23.1 Å². The van der Waals surface area contributed by atoms with Gasteiger partial charge in [0, 0.05) is 17.2 Å². The second-order valence-electron chi connectivity index (χ2n) is 8.19. The van der Waals surface area contributed by atoms with Crippen LogP contribution in [0.4, 0.5) is 5.69 Å². The lowest BCUT2D eigenvalue weighted by molar-refractivity contribution is 0.0977. The molecule has 36 heavy (non-hydrogen) atoms. The highest BCUT2D eigenvalue weighted by Gasteiger charge is 2.35. The minimum Gasteiger partial charge on any atom is -0.507 e. The van der Waals surface area contributed by atoms with Crippen LogP contribution in [-0.2, 0) is 10.1 Å². The molecule has 0 amide bonds. The van der Waals surface area contributed by atoms with Crippen LogP contribution in [0.25, 0.3) is 0 Å². The van der Waals surface area contributed by atoms with Gasteiger partial charge in [-0.2, -0.15) is 8.42 Å². The van der Waals surface area contributed by atoms with Gasteiger partial charge in [-0.25, -0.2) is 0 Å². The lowest BCUT2D eigenvalue weighted by Gasteiger charge is -2.21. The van der Waals surface area contributed by atoms with Crippen molar-refractivity contribution in [1.82, 2.24) is 0 Å². The quantitative estimate of drug-likeness (QED) is 0.203. The Balaban J connectivity index is 1.44. The number of carbonyl (C=O) groups is 2. The largest absolute Gasteiger partial charge is 0.507 e. The maximum atomic E-state index is 13.1. The van der Waals surface area contributed by atoms with Crippen LogP contribution in [0.2, 0.25) is 0 Å². The molecule has 3 N–H and O–H groups in total. The third-order valence-electron chi connectivity index (χ3n) is 5.71. The number of hydrogen-bond acceptors (Lipinski definition) is 8. The van der Waals surface area contributed by atoms with Gasteiger partial charge < -0.3 is 19.8 Å². The number of nitrogen functional groups attached to an aromatic ring is 1. The Morgan fingerprint density at radius 1 is 0.778 bits per heavy atom. The fourth-order valence-electron chi connectivity index (χ4n) is 4.00. The van der Waals surface area contributed by atoms with Crippen LogP contribution < -0.4 is 14.7 Å². The Hall–Kier alpha value is -4.63. The van der Waals surface area contributed by atoms with E-state index in [1.54, 1.807) is 24.3 Å². The monoisotopic (exact) mass is 501 g/mol. The molecule has 0 aliphatic heterocycles. The zero-order chi connectivity index (χ0) is 25.6. The van der Waals surface area contributed by atoms with E-state index in [-0.39, 0.29) is 50.1 Å². The van der Waals surface area contributed by atoms with Gasteiger partial charge in [-0.05, 0) is 48.9 Å². The van der Waals surface area contributed by atoms with Crippen molar-refractivity contribution in [3.05, 3.63) is 107 Å². The lowest BCUT2D eigenvalue weighted by Crippen LogP contribution is -2.22. The number of benzene rings is 4. The van der Waals surface area contributed by atoms with E-state index in [1.807, 2.05) is 13.0 Å². The third-order valence-corrected chi connectivity index (χ3v) is 6.98. The molecule has 0 fully saturated rings. The standard InChI is InChI=1S/C27H19NO7S/c1-15-5-4-6-17(13-15)35-36(32,33)18-11-9-16(10-12-18)34-22-14-21(29)23-24(25(22)28)27(31)20-8-3-2-7-19(20)26(23)30/h2-14,29H,28H2,1H3. The summed E-state index contributed by atoms with van der Waals surface area (Å²) in [4.78, 5) is 25.9. The molecule has 0 unspecified atom stereocenters. The summed E-state index contributed by atoms with van der Waals surface area (Å²) >= 11 is 0. The first-order valence-corrected chi connectivity index (χ1v) is 12.2. The SMILES string of the molecule is Cc1cccc(OS(=O)(=O)c2ccc(Oc3cc(O)c4c(c3N)C(=O)c3ccccc3C4=O)cc2)c1. The molecule has 5 rings (SSSR count). The normalized spacial score (nSPS) is 12.6. The number of anilines is 1. The van der Waals surface area contributed by atoms with E-state index in [1.165, 1.54) is 42.5 Å². The second-order valence-corrected chi connectivity index (χ2v) is 9.74. The van der Waals surface area contributed by atoms with Crippen molar-refractivity contribution in [2.24, 2.45) is 0 Å². The second kappa shape index (κ2) is 8.54. The first-order valence-electron chi connectivity index (χ1n) is 10.8. The van der Waals surface area contributed by atoms with Gasteiger partial charge in [0.25, 0.3) is 0 Å². The number of nitrogens with two attached hydrogens (primary N) is 1. The molecule has 0 radical (unpaired) electrons. The predicted octanol–water partition coefficient (Wildman–Crippen LogP) is 4.62. The van der Waals surface area contributed by atoms with Crippen molar-refractivity contribution in [2.45, 2.75) is 11.8 Å². The topological polar surface area (TPSA) is 133 Å². The Bertz CT molecular complexity index is 1660. The number of carbonyl (C=O) groups excluding carboxylic acids is 2. The number of rotatable bonds is 5. The van der Waals surface area contributed by atoms with Crippen molar-refractivity contribution < 1.29 is 32.0 Å². The summed E-state index contributed by atoms with van der Waals surface area (Å²) in [6.07, 6.45) is 0. The van der Waals surface area contributed by atoms with E-state index in [0.717, 1.165) is 11.6 Å². The number of phenols is 1. The molecular weight excluding hydrogens is 482 g/mol. The number of phenolic OH excluding ortho intramolecular Hbond substituents is 1. The summed E-state index contributed by atoms with van der Waals surface area (Å²) < 4.78 is 36.2. The molecule has 0 bridgehead atoms. The van der Waals surface area contributed by atoms with Crippen molar-refractivity contribution >= 4 is 27.4 Å². The van der Waals surface area contributed by atoms with Crippen LogP contribution in [0.5, 0.6) is 23.0 Å². The van der Waals surface area contributed by atoms with Crippen LogP contribution in [0.1, 0.15) is 37.4 Å². The van der Waals surface area contributed by atoms with Gasteiger partial charge in [0.15, 0.2) is 17.3 Å². The number of hydrogen-bond donors (Lipinski definition) is 2. The minimum atomic E-state index is -4.09. The highest BCUT2D eigenvalue weighted by molar-refractivity contribution is 7.87. The summed E-state index contributed by atoms with van der Waals surface area (Å²) in [7, 11) is -4.09. The summed E-state index contributed by atoms with van der Waals surface area (Å²) in [5, 5.41) is 10.6. The van der Waals surface area contributed by atoms with Crippen molar-refractivity contribution in [2.75, 3.05) is 5.73 Å². The molecule has 4 aromatic carbocycles. The molecule has 0 aromatic heterocycles. The van der Waals surface area contributed by atoms with Crippen LogP contribution in [0.15, 0.2) is 83.8 Å². The Kier molecular flexibility index (Phi) is 5.49. The van der Waals surface area contributed by atoms with E-state index >= 15 is 0 Å². The van der Waals surface area contributed by atoms with Gasteiger partial charge in [0.05, 0.1) is 16.8 Å². The van der Waals surface area contributed by atoms with Crippen LogP contribution in [-0.4, -0.2) is 25.1 Å². The van der Waals surface area contributed by atoms with Crippen molar-refractivity contribution in [1.29, 1.82) is 0 Å². The average Bonchev–Trinajstić information content (AvgIpc) is 2.84. The number of fused-ring (bicyclic) bond motifs is 2. The number of aryl methyl sites for hydroxylation is 1. The first-order chi connectivity index (χ1) is 17.2. The molecule has 1 aliphatic rings. The van der Waals surface area contributed by atoms with Gasteiger partial charge in [0.2, 0.25) is 0 Å². The van der Waals surface area contributed by atoms with Crippen molar-refractivity contribution in [3.8, 4) is 23.0 Å². The average molecular weight is 502 g/mol. The fraction of sp³-hybridized carbons (Fsp3) is 0.0370. The van der Waals surface area contributed by atoms with Crippen molar-refractivity contribution in [3.63, 3.8) is 0 Å². The van der Waals surface area contributed by atoms with Crippen LogP contribution >= 0.6 is 0 Å². The van der Waals surface area contributed by atoms with E-state index in [2.05, 4.69) is 0 Å². The molecule has 0 saturated carbocycles. The van der Waals surface area contributed by atoms with Gasteiger partial charge in [0.1, 0.15) is 22.1 Å². The molecule has 0 heterocycles. The fourth-order valence-corrected chi connectivity index (χ4v) is 4.92. The predicted molar refractivity (Wildman–Crippen MR) is 131 cm³/mol. The molecule has 8 nitrogen and oxygen atoms in total. The highest BCUT2D eigenvalue weighted by Crippen LogP contribution is 2.42. The molecule has 4 aromatic rings. The first kappa shape index (κ1) is 23.1. The maximum Gasteiger partial charge on any atom is 0.339 e. The van der Waals surface area contributed by atoms with Gasteiger partial charge in [-0.3, -0.25) is 9.59 Å². The highest BCUT2D eigenvalue weighted by atomic mass is 32.2. The number of ketones is 2. The third kappa shape index (κ3) is 3.95. The van der Waals surface area contributed by atoms with E-state index in [4.69, 9.17) is 14.7 Å². The molecule has 9 heteroatoms. The summed E-state index contributed by atoms with van der Waals surface area (Å²) in [5.74, 6) is -1.16. The zero-order valence-electron chi connectivity index (χ0n) is 18.9. The van der Waals surface area contributed by atoms with Gasteiger partial charge in [-0.15, -0.1) is 0 Å². The molecule has 0 saturated heterocycles. The smallest absolute Gasteiger partial charge is 0.339 e. The van der Waals surface area contributed by atoms with E-state index < -0.39 is 27.4 Å². The summed E-state index contributed by atoms with van der Waals surface area (Å²) in [5.41, 5.74) is 6.98. The molecule has 180 valence electrons. The molecular formula is C27H19NO7S. The lowest BCUT2D eigenvalue weighted by atomic mass is 9.82. The molecule has 0 spiro atoms. The zero-order valence-corrected chi connectivity index (χ0v) is 19.7. The van der Waals surface area contributed by atoms with Gasteiger partial charge in [-0.1, -0.05) is 36.4 Å². The molecule has 1 aliphatic carbocycles. The Labute approximate surface area is 206 Å². The Morgan fingerprint density at radius 3 is 2.06 bits per heavy atom. The Morgan fingerprint density at radius 2 is 1.42 bits per heavy atom. The van der Waals surface area contributed by atoms with Crippen LogP contribution in [0.3, 0.4) is 0 Å².